The van der Waals surface area contributed by atoms with E-state index in [0.717, 1.165) is 24.1 Å². The highest BCUT2D eigenvalue weighted by Gasteiger charge is 2.35. The van der Waals surface area contributed by atoms with E-state index in [0.29, 0.717) is 6.42 Å². The molecule has 1 saturated carbocycles. The van der Waals surface area contributed by atoms with Crippen molar-refractivity contribution in [1.82, 2.24) is 4.90 Å². The lowest BCUT2D eigenvalue weighted by molar-refractivity contribution is 0.177. The summed E-state index contributed by atoms with van der Waals surface area (Å²) in [5.74, 6) is 7.09. The lowest BCUT2D eigenvalue weighted by Crippen LogP contribution is -2.33. The molecule has 0 spiro atoms. The average Bonchev–Trinajstić information content (AvgIpc) is 3.08. The van der Waals surface area contributed by atoms with Crippen molar-refractivity contribution in [2.24, 2.45) is 5.92 Å². The first kappa shape index (κ1) is 14.1. The molecule has 2 nitrogen and oxygen atoms in total. The quantitative estimate of drug-likeness (QED) is 0.864. The van der Waals surface area contributed by atoms with Gasteiger partial charge in [0, 0.05) is 34.8 Å². The van der Waals surface area contributed by atoms with E-state index in [9.17, 15) is 0 Å². The molecule has 1 saturated heterocycles. The summed E-state index contributed by atoms with van der Waals surface area (Å²) in [5.41, 5.74) is 1.11. The lowest BCUT2D eigenvalue weighted by Gasteiger charge is -2.31. The number of aliphatic hydroxyl groups is 1. The average molecular weight is 289 g/mol. The molecule has 2 fully saturated rings. The van der Waals surface area contributed by atoms with Crippen molar-refractivity contribution in [3.63, 3.8) is 0 Å². The maximum Gasteiger partial charge on any atom is 0.0540 e. The van der Waals surface area contributed by atoms with Crippen LogP contribution >= 0.6 is 11.3 Å². The summed E-state index contributed by atoms with van der Waals surface area (Å²) in [7, 11) is 0. The van der Waals surface area contributed by atoms with Crippen LogP contribution in [-0.4, -0.2) is 29.2 Å². The first-order chi connectivity index (χ1) is 9.86. The Kier molecular flexibility index (Phi) is 4.77. The smallest absolute Gasteiger partial charge is 0.0540 e. The number of nitrogens with zero attached hydrogens (tertiary/aromatic N) is 1. The van der Waals surface area contributed by atoms with Crippen LogP contribution < -0.4 is 0 Å². The van der Waals surface area contributed by atoms with Crippen LogP contribution in [0.4, 0.5) is 0 Å². The Morgan fingerprint density at radius 2 is 2.20 bits per heavy atom. The number of hydrogen-bond acceptors (Lipinski definition) is 3. The van der Waals surface area contributed by atoms with E-state index >= 15 is 0 Å². The summed E-state index contributed by atoms with van der Waals surface area (Å²) < 4.78 is 0. The van der Waals surface area contributed by atoms with E-state index in [-0.39, 0.29) is 6.61 Å². The molecule has 2 aliphatic rings. The summed E-state index contributed by atoms with van der Waals surface area (Å²) in [6, 6.07) is 3.07. The summed E-state index contributed by atoms with van der Waals surface area (Å²) in [6.45, 7) is 2.53. The van der Waals surface area contributed by atoms with Gasteiger partial charge in [-0.2, -0.15) is 0 Å². The summed E-state index contributed by atoms with van der Waals surface area (Å²) >= 11 is 1.83. The minimum absolute atomic E-state index is 0.154. The fourth-order valence-electron chi connectivity index (χ4n) is 3.65. The van der Waals surface area contributed by atoms with Crippen molar-refractivity contribution >= 4 is 11.3 Å². The molecule has 2 atom stereocenters. The van der Waals surface area contributed by atoms with Crippen LogP contribution in [0.1, 0.15) is 49.0 Å². The van der Waals surface area contributed by atoms with Crippen LogP contribution in [0.3, 0.4) is 0 Å². The number of hydrogen-bond donors (Lipinski definition) is 1. The molecule has 2 unspecified atom stereocenters. The molecule has 2 heterocycles. The Bertz CT molecular complexity index is 499. The standard InChI is InChI=1S/C17H23NOS/c19-10-4-3-5-14-11-16(20-13-14)12-18-9-8-15-6-1-2-7-17(15)18/h11,13,15,17,19H,1-2,4,6-10,12H2. The molecule has 3 heteroatoms. The van der Waals surface area contributed by atoms with Gasteiger partial charge in [-0.3, -0.25) is 4.90 Å². The molecule has 0 aromatic carbocycles. The monoisotopic (exact) mass is 289 g/mol. The molecular formula is C17H23NOS. The Morgan fingerprint density at radius 3 is 3.10 bits per heavy atom. The second kappa shape index (κ2) is 6.76. The second-order valence-electron chi connectivity index (χ2n) is 5.95. The van der Waals surface area contributed by atoms with E-state index in [1.165, 1.54) is 43.5 Å². The second-order valence-corrected chi connectivity index (χ2v) is 6.94. The van der Waals surface area contributed by atoms with E-state index in [2.05, 4.69) is 28.2 Å². The molecule has 0 bridgehead atoms. The van der Waals surface area contributed by atoms with Crippen molar-refractivity contribution < 1.29 is 5.11 Å². The molecule has 3 rings (SSSR count). The highest BCUT2D eigenvalue weighted by Crippen LogP contribution is 2.37. The maximum atomic E-state index is 8.74. The molecule has 0 amide bonds. The van der Waals surface area contributed by atoms with E-state index in [1.807, 2.05) is 11.3 Å². The molecule has 0 radical (unpaired) electrons. The molecule has 20 heavy (non-hydrogen) atoms. The number of fused-ring (bicyclic) bond motifs is 1. The van der Waals surface area contributed by atoms with Crippen molar-refractivity contribution in [1.29, 1.82) is 0 Å². The lowest BCUT2D eigenvalue weighted by atomic mass is 9.85. The van der Waals surface area contributed by atoms with Crippen LogP contribution in [0.2, 0.25) is 0 Å². The number of aliphatic hydroxyl groups excluding tert-OH is 1. The SMILES string of the molecule is OCCC#Cc1csc(CN2CCC3CCCCC32)c1. The minimum atomic E-state index is 0.154. The maximum absolute atomic E-state index is 8.74. The van der Waals surface area contributed by atoms with Crippen molar-refractivity contribution in [2.75, 3.05) is 13.2 Å². The van der Waals surface area contributed by atoms with Gasteiger partial charge in [-0.15, -0.1) is 11.3 Å². The van der Waals surface area contributed by atoms with Crippen LogP contribution in [0.5, 0.6) is 0 Å². The Labute approximate surface area is 125 Å². The van der Waals surface area contributed by atoms with Gasteiger partial charge in [0.25, 0.3) is 0 Å². The highest BCUT2D eigenvalue weighted by molar-refractivity contribution is 7.10. The molecular weight excluding hydrogens is 266 g/mol. The van der Waals surface area contributed by atoms with Crippen LogP contribution in [0.25, 0.3) is 0 Å². The fraction of sp³-hybridized carbons (Fsp3) is 0.647. The normalized spacial score (nSPS) is 26.1. The van der Waals surface area contributed by atoms with Gasteiger partial charge in [-0.25, -0.2) is 0 Å². The Balaban J connectivity index is 1.59. The molecule has 1 aliphatic heterocycles. The molecule has 1 N–H and O–H groups in total. The largest absolute Gasteiger partial charge is 0.395 e. The van der Waals surface area contributed by atoms with E-state index in [4.69, 9.17) is 5.11 Å². The summed E-state index contributed by atoms with van der Waals surface area (Å²) in [5, 5.41) is 10.9. The fourth-order valence-corrected chi connectivity index (χ4v) is 4.49. The van der Waals surface area contributed by atoms with Crippen LogP contribution in [-0.2, 0) is 6.54 Å². The van der Waals surface area contributed by atoms with Gasteiger partial charge < -0.3 is 5.11 Å². The number of thiophene rings is 1. The third-order valence-electron chi connectivity index (χ3n) is 4.61. The van der Waals surface area contributed by atoms with Gasteiger partial charge in [0.05, 0.1) is 6.61 Å². The summed E-state index contributed by atoms with van der Waals surface area (Å²) in [4.78, 5) is 4.13. The topological polar surface area (TPSA) is 23.5 Å². The first-order valence-electron chi connectivity index (χ1n) is 7.78. The van der Waals surface area contributed by atoms with Gasteiger partial charge in [0.2, 0.25) is 0 Å². The Hall–Kier alpha value is -0.820. The van der Waals surface area contributed by atoms with E-state index in [1.54, 1.807) is 0 Å². The zero-order chi connectivity index (χ0) is 13.8. The van der Waals surface area contributed by atoms with Gasteiger partial charge >= 0.3 is 0 Å². The Morgan fingerprint density at radius 1 is 1.30 bits per heavy atom. The highest BCUT2D eigenvalue weighted by atomic mass is 32.1. The molecule has 1 aromatic rings. The van der Waals surface area contributed by atoms with Gasteiger partial charge in [-0.1, -0.05) is 24.7 Å². The predicted octanol–water partition coefficient (Wildman–Crippen LogP) is 3.25. The van der Waals surface area contributed by atoms with Crippen LogP contribution in [0, 0.1) is 17.8 Å². The number of rotatable bonds is 3. The van der Waals surface area contributed by atoms with Crippen molar-refractivity contribution in [3.8, 4) is 11.8 Å². The third kappa shape index (κ3) is 3.25. The van der Waals surface area contributed by atoms with Crippen molar-refractivity contribution in [2.45, 2.75) is 51.1 Å². The molecule has 108 valence electrons. The molecule has 1 aliphatic carbocycles. The third-order valence-corrected chi connectivity index (χ3v) is 5.53. The van der Waals surface area contributed by atoms with Crippen molar-refractivity contribution in [3.05, 3.63) is 21.9 Å². The molecule has 1 aromatic heterocycles. The van der Waals surface area contributed by atoms with E-state index < -0.39 is 0 Å². The zero-order valence-corrected chi connectivity index (χ0v) is 12.8. The first-order valence-corrected chi connectivity index (χ1v) is 8.66. The predicted molar refractivity (Wildman–Crippen MR) is 83.7 cm³/mol. The summed E-state index contributed by atoms with van der Waals surface area (Å²) in [6.07, 6.45) is 7.68. The number of likely N-dealkylation sites (tertiary alicyclic amines) is 1. The van der Waals surface area contributed by atoms with Gasteiger partial charge in [-0.05, 0) is 37.8 Å². The van der Waals surface area contributed by atoms with Crippen LogP contribution in [0.15, 0.2) is 11.4 Å². The minimum Gasteiger partial charge on any atom is -0.395 e. The van der Waals surface area contributed by atoms with Gasteiger partial charge in [0.15, 0.2) is 0 Å². The zero-order valence-electron chi connectivity index (χ0n) is 12.0. The van der Waals surface area contributed by atoms with Gasteiger partial charge in [0.1, 0.15) is 0 Å².